The lowest BCUT2D eigenvalue weighted by molar-refractivity contribution is -0.144. The van der Waals surface area contributed by atoms with E-state index in [1.54, 1.807) is 18.3 Å². The van der Waals surface area contributed by atoms with Gasteiger partial charge in [0.15, 0.2) is 6.10 Å². The van der Waals surface area contributed by atoms with Crippen molar-refractivity contribution in [3.8, 4) is 5.75 Å². The molecule has 27 heavy (non-hydrogen) atoms. The number of hydrogen-bond acceptors (Lipinski definition) is 4. The van der Waals surface area contributed by atoms with E-state index in [4.69, 9.17) is 9.84 Å². The van der Waals surface area contributed by atoms with Crippen LogP contribution in [0.25, 0.3) is 0 Å². The minimum absolute atomic E-state index is 0.512. The van der Waals surface area contributed by atoms with Crippen molar-refractivity contribution in [2.75, 3.05) is 5.32 Å². The van der Waals surface area contributed by atoms with Gasteiger partial charge in [-0.15, -0.1) is 0 Å². The SMILES string of the molecule is C[C@@H](Oc1ccc(C=Nc2ccc(Nc3ccccc3)cc2)cc1)C(=O)O. The molecule has 0 radical (unpaired) electrons. The van der Waals surface area contributed by atoms with Crippen molar-refractivity contribution in [3.05, 3.63) is 84.4 Å². The maximum Gasteiger partial charge on any atom is 0.344 e. The molecule has 0 fully saturated rings. The number of aliphatic carboxylic acids is 1. The summed E-state index contributed by atoms with van der Waals surface area (Å²) in [5, 5.41) is 12.2. The first-order valence-electron chi connectivity index (χ1n) is 8.56. The van der Waals surface area contributed by atoms with Gasteiger partial charge in [-0.25, -0.2) is 4.79 Å². The Kier molecular flexibility index (Phi) is 5.84. The molecule has 0 bridgehead atoms. The zero-order valence-electron chi connectivity index (χ0n) is 14.9. The summed E-state index contributed by atoms with van der Waals surface area (Å²) in [5.74, 6) is -0.482. The lowest BCUT2D eigenvalue weighted by Gasteiger charge is -2.09. The molecule has 0 aromatic heterocycles. The minimum atomic E-state index is -0.995. The van der Waals surface area contributed by atoms with E-state index in [1.807, 2.05) is 66.7 Å². The number of hydrogen-bond donors (Lipinski definition) is 2. The Bertz CT molecular complexity index is 905. The third-order valence-corrected chi connectivity index (χ3v) is 3.83. The van der Waals surface area contributed by atoms with Gasteiger partial charge in [0, 0.05) is 17.6 Å². The second-order valence-electron chi connectivity index (χ2n) is 5.96. The predicted octanol–water partition coefficient (Wildman–Crippen LogP) is 5.03. The summed E-state index contributed by atoms with van der Waals surface area (Å²) in [6.45, 7) is 1.49. The Morgan fingerprint density at radius 1 is 0.963 bits per heavy atom. The number of para-hydroxylation sites is 1. The molecule has 0 aliphatic rings. The summed E-state index contributed by atoms with van der Waals surface area (Å²) in [5.41, 5.74) is 3.77. The summed E-state index contributed by atoms with van der Waals surface area (Å²) in [6, 6.07) is 24.9. The van der Waals surface area contributed by atoms with E-state index >= 15 is 0 Å². The number of carbonyl (C=O) groups is 1. The van der Waals surface area contributed by atoms with Gasteiger partial charge >= 0.3 is 5.97 Å². The molecule has 0 unspecified atom stereocenters. The molecule has 0 spiro atoms. The number of benzene rings is 3. The number of aliphatic imine (C=N–C) groups is 1. The maximum atomic E-state index is 10.8. The smallest absolute Gasteiger partial charge is 0.344 e. The van der Waals surface area contributed by atoms with Crippen LogP contribution in [-0.2, 0) is 4.79 Å². The average molecular weight is 360 g/mol. The zero-order valence-corrected chi connectivity index (χ0v) is 14.9. The molecule has 0 aliphatic heterocycles. The van der Waals surface area contributed by atoms with E-state index in [0.29, 0.717) is 5.75 Å². The van der Waals surface area contributed by atoms with Gasteiger partial charge in [0.2, 0.25) is 0 Å². The standard InChI is InChI=1S/C22H20N2O3/c1-16(22(25)26)27-21-13-7-17(8-14-21)15-23-18-9-11-20(12-10-18)24-19-5-3-2-4-6-19/h2-16,24H,1H3,(H,25,26)/t16-/m1/s1. The first-order chi connectivity index (χ1) is 13.1. The Labute approximate surface area is 158 Å². The topological polar surface area (TPSA) is 70.9 Å². The van der Waals surface area contributed by atoms with Crippen LogP contribution in [0.3, 0.4) is 0 Å². The monoisotopic (exact) mass is 360 g/mol. The average Bonchev–Trinajstić information content (AvgIpc) is 2.69. The molecule has 3 aromatic rings. The molecular formula is C22H20N2O3. The molecule has 3 aromatic carbocycles. The molecule has 5 nitrogen and oxygen atoms in total. The normalized spacial score (nSPS) is 11.9. The molecule has 5 heteroatoms. The lowest BCUT2D eigenvalue weighted by Crippen LogP contribution is -2.22. The maximum absolute atomic E-state index is 10.8. The van der Waals surface area contributed by atoms with E-state index < -0.39 is 12.1 Å². The summed E-state index contributed by atoms with van der Waals surface area (Å²) in [4.78, 5) is 15.3. The Balaban J connectivity index is 1.59. The van der Waals surface area contributed by atoms with Gasteiger partial charge in [0.1, 0.15) is 5.75 Å². The van der Waals surface area contributed by atoms with Crippen molar-refractivity contribution in [2.45, 2.75) is 13.0 Å². The molecule has 0 saturated heterocycles. The van der Waals surface area contributed by atoms with Crippen LogP contribution in [-0.4, -0.2) is 23.4 Å². The summed E-state index contributed by atoms with van der Waals surface area (Å²) < 4.78 is 5.30. The Morgan fingerprint density at radius 3 is 2.22 bits per heavy atom. The lowest BCUT2D eigenvalue weighted by atomic mass is 10.2. The number of carboxylic acids is 1. The summed E-state index contributed by atoms with van der Waals surface area (Å²) >= 11 is 0. The first kappa shape index (κ1) is 18.2. The Morgan fingerprint density at radius 2 is 1.59 bits per heavy atom. The van der Waals surface area contributed by atoms with E-state index in [1.165, 1.54) is 6.92 Å². The molecule has 136 valence electrons. The summed E-state index contributed by atoms with van der Waals surface area (Å²) in [7, 11) is 0. The summed E-state index contributed by atoms with van der Waals surface area (Å²) in [6.07, 6.45) is 0.872. The van der Waals surface area contributed by atoms with Crippen molar-refractivity contribution in [2.24, 2.45) is 4.99 Å². The number of anilines is 2. The first-order valence-corrected chi connectivity index (χ1v) is 8.56. The van der Waals surface area contributed by atoms with Crippen molar-refractivity contribution in [1.82, 2.24) is 0 Å². The van der Waals surface area contributed by atoms with Gasteiger partial charge in [0.25, 0.3) is 0 Å². The highest BCUT2D eigenvalue weighted by atomic mass is 16.5. The van der Waals surface area contributed by atoms with Crippen molar-refractivity contribution < 1.29 is 14.6 Å². The van der Waals surface area contributed by atoms with Gasteiger partial charge in [-0.2, -0.15) is 0 Å². The van der Waals surface area contributed by atoms with E-state index in [9.17, 15) is 4.79 Å². The fourth-order valence-corrected chi connectivity index (χ4v) is 2.36. The number of ether oxygens (including phenoxy) is 1. The molecule has 2 N–H and O–H groups in total. The highest BCUT2D eigenvalue weighted by Crippen LogP contribution is 2.20. The van der Waals surface area contributed by atoms with Crippen LogP contribution in [0, 0.1) is 0 Å². The van der Waals surface area contributed by atoms with Crippen LogP contribution in [0.4, 0.5) is 17.1 Å². The van der Waals surface area contributed by atoms with E-state index in [0.717, 1.165) is 22.6 Å². The van der Waals surface area contributed by atoms with Gasteiger partial charge in [-0.05, 0) is 73.2 Å². The van der Waals surface area contributed by atoms with Crippen molar-refractivity contribution >= 4 is 29.2 Å². The van der Waals surface area contributed by atoms with Crippen LogP contribution in [0.5, 0.6) is 5.75 Å². The second-order valence-corrected chi connectivity index (χ2v) is 5.96. The largest absolute Gasteiger partial charge is 0.479 e. The fraction of sp³-hybridized carbons (Fsp3) is 0.0909. The van der Waals surface area contributed by atoms with Crippen LogP contribution in [0.2, 0.25) is 0 Å². The van der Waals surface area contributed by atoms with E-state index in [-0.39, 0.29) is 0 Å². The van der Waals surface area contributed by atoms with Crippen LogP contribution in [0.15, 0.2) is 83.9 Å². The second kappa shape index (κ2) is 8.67. The van der Waals surface area contributed by atoms with Crippen molar-refractivity contribution in [1.29, 1.82) is 0 Å². The van der Waals surface area contributed by atoms with Crippen molar-refractivity contribution in [3.63, 3.8) is 0 Å². The molecular weight excluding hydrogens is 340 g/mol. The van der Waals surface area contributed by atoms with Gasteiger partial charge in [-0.1, -0.05) is 18.2 Å². The molecule has 3 rings (SSSR count). The molecule has 0 amide bonds. The van der Waals surface area contributed by atoms with Crippen LogP contribution < -0.4 is 10.1 Å². The zero-order chi connectivity index (χ0) is 19.1. The fourth-order valence-electron chi connectivity index (χ4n) is 2.36. The minimum Gasteiger partial charge on any atom is -0.479 e. The van der Waals surface area contributed by atoms with Gasteiger partial charge < -0.3 is 15.2 Å². The van der Waals surface area contributed by atoms with Crippen LogP contribution >= 0.6 is 0 Å². The van der Waals surface area contributed by atoms with Gasteiger partial charge in [-0.3, -0.25) is 4.99 Å². The highest BCUT2D eigenvalue weighted by Gasteiger charge is 2.11. The van der Waals surface area contributed by atoms with Gasteiger partial charge in [0.05, 0.1) is 5.69 Å². The number of rotatable bonds is 7. The quantitative estimate of drug-likeness (QED) is 0.580. The molecule has 1 atom stereocenters. The molecule has 0 heterocycles. The predicted molar refractivity (Wildman–Crippen MR) is 108 cm³/mol. The van der Waals surface area contributed by atoms with E-state index in [2.05, 4.69) is 10.3 Å². The third-order valence-electron chi connectivity index (χ3n) is 3.83. The highest BCUT2D eigenvalue weighted by molar-refractivity contribution is 5.82. The Hall–Kier alpha value is -3.60. The number of nitrogens with zero attached hydrogens (tertiary/aromatic N) is 1. The number of nitrogens with one attached hydrogen (secondary N) is 1. The molecule has 0 aliphatic carbocycles. The number of carboxylic acid groups (broad SMARTS) is 1. The third kappa shape index (κ3) is 5.44. The molecule has 0 saturated carbocycles. The van der Waals surface area contributed by atoms with Crippen LogP contribution in [0.1, 0.15) is 12.5 Å².